The maximum Gasteiger partial charge on any atom is 0.335 e. The zero-order valence-corrected chi connectivity index (χ0v) is 12.4. The fraction of sp³-hybridized carbons (Fsp3) is 0.100. The van der Waals surface area contributed by atoms with E-state index in [9.17, 15) is 9.59 Å². The molecule has 112 valence electrons. The van der Waals surface area contributed by atoms with Gasteiger partial charge in [-0.05, 0) is 46.9 Å². The summed E-state index contributed by atoms with van der Waals surface area (Å²) < 4.78 is 0. The Kier molecular flexibility index (Phi) is 3.01. The standard InChI is InChI=1S/C20H14O3/c21-19(14-6-8-15(9-7-14)20(22)23)17-11-10-13-5-4-12-2-1-3-16(17)18(12)13/h1-3,6-11H,4-5H2,(H,22,23). The Hall–Kier alpha value is -2.94. The molecule has 0 heterocycles. The highest BCUT2D eigenvalue weighted by molar-refractivity contribution is 6.17. The smallest absolute Gasteiger partial charge is 0.335 e. The van der Waals surface area contributed by atoms with Crippen LogP contribution >= 0.6 is 0 Å². The molecule has 0 unspecified atom stereocenters. The van der Waals surface area contributed by atoms with Gasteiger partial charge in [0.25, 0.3) is 0 Å². The molecular weight excluding hydrogens is 288 g/mol. The van der Waals surface area contributed by atoms with Gasteiger partial charge in [-0.3, -0.25) is 4.79 Å². The maximum absolute atomic E-state index is 12.8. The molecule has 0 bridgehead atoms. The van der Waals surface area contributed by atoms with E-state index in [1.807, 2.05) is 24.3 Å². The lowest BCUT2D eigenvalue weighted by atomic mass is 9.94. The minimum atomic E-state index is -0.991. The second kappa shape index (κ2) is 5.06. The first-order valence-corrected chi connectivity index (χ1v) is 7.57. The van der Waals surface area contributed by atoms with Gasteiger partial charge >= 0.3 is 5.97 Å². The summed E-state index contributed by atoms with van der Waals surface area (Å²) in [6.07, 6.45) is 2.05. The zero-order valence-electron chi connectivity index (χ0n) is 12.4. The van der Waals surface area contributed by atoms with Crippen molar-refractivity contribution in [3.63, 3.8) is 0 Å². The van der Waals surface area contributed by atoms with E-state index in [1.165, 1.54) is 28.6 Å². The van der Waals surface area contributed by atoms with Crippen molar-refractivity contribution in [2.75, 3.05) is 0 Å². The number of carboxylic acid groups (broad SMARTS) is 1. The van der Waals surface area contributed by atoms with E-state index >= 15 is 0 Å². The fourth-order valence-corrected chi connectivity index (χ4v) is 3.36. The molecule has 0 saturated carbocycles. The van der Waals surface area contributed by atoms with Crippen LogP contribution in [0.25, 0.3) is 10.8 Å². The van der Waals surface area contributed by atoms with E-state index in [0.29, 0.717) is 11.1 Å². The topological polar surface area (TPSA) is 54.4 Å². The second-order valence-electron chi connectivity index (χ2n) is 5.82. The number of aryl methyl sites for hydroxylation is 2. The van der Waals surface area contributed by atoms with Crippen LogP contribution in [0.3, 0.4) is 0 Å². The van der Waals surface area contributed by atoms with Crippen LogP contribution in [0.15, 0.2) is 54.6 Å². The molecule has 0 amide bonds. The maximum atomic E-state index is 12.8. The molecule has 1 aliphatic rings. The first-order valence-electron chi connectivity index (χ1n) is 7.57. The molecule has 1 N–H and O–H groups in total. The number of ketones is 1. The average Bonchev–Trinajstić information content (AvgIpc) is 3.00. The van der Waals surface area contributed by atoms with Crippen molar-refractivity contribution in [3.8, 4) is 0 Å². The second-order valence-corrected chi connectivity index (χ2v) is 5.82. The van der Waals surface area contributed by atoms with E-state index < -0.39 is 5.97 Å². The molecule has 23 heavy (non-hydrogen) atoms. The Balaban J connectivity index is 1.83. The van der Waals surface area contributed by atoms with Crippen LogP contribution in [0.4, 0.5) is 0 Å². The summed E-state index contributed by atoms with van der Waals surface area (Å²) in [4.78, 5) is 23.8. The van der Waals surface area contributed by atoms with Crippen molar-refractivity contribution >= 4 is 22.5 Å². The van der Waals surface area contributed by atoms with Crippen molar-refractivity contribution in [2.24, 2.45) is 0 Å². The highest BCUT2D eigenvalue weighted by Gasteiger charge is 2.19. The zero-order chi connectivity index (χ0) is 16.0. The van der Waals surface area contributed by atoms with Gasteiger partial charge in [-0.25, -0.2) is 4.79 Å². The van der Waals surface area contributed by atoms with Crippen LogP contribution in [0.5, 0.6) is 0 Å². The molecule has 3 aromatic carbocycles. The minimum Gasteiger partial charge on any atom is -0.478 e. The number of carbonyl (C=O) groups is 2. The summed E-state index contributed by atoms with van der Waals surface area (Å²) in [5, 5.41) is 11.2. The van der Waals surface area contributed by atoms with Gasteiger partial charge in [0.2, 0.25) is 0 Å². The molecular formula is C20H14O3. The normalized spacial score (nSPS) is 12.5. The third-order valence-corrected chi connectivity index (χ3v) is 4.52. The van der Waals surface area contributed by atoms with Gasteiger partial charge in [-0.1, -0.05) is 42.5 Å². The molecule has 0 aromatic heterocycles. The Bertz CT molecular complexity index is 942. The molecule has 0 radical (unpaired) electrons. The Labute approximate surface area is 133 Å². The SMILES string of the molecule is O=C(O)c1ccc(C(=O)c2ccc3c4c(cccc24)CC3)cc1. The molecule has 0 spiro atoms. The van der Waals surface area contributed by atoms with E-state index in [1.54, 1.807) is 12.1 Å². The lowest BCUT2D eigenvalue weighted by molar-refractivity contribution is 0.0696. The average molecular weight is 302 g/mol. The van der Waals surface area contributed by atoms with Crippen LogP contribution in [-0.4, -0.2) is 16.9 Å². The number of carbonyl (C=O) groups excluding carboxylic acids is 1. The van der Waals surface area contributed by atoms with Gasteiger partial charge in [-0.15, -0.1) is 0 Å². The van der Waals surface area contributed by atoms with Crippen molar-refractivity contribution in [3.05, 3.63) is 82.4 Å². The third-order valence-electron chi connectivity index (χ3n) is 4.52. The Morgan fingerprint density at radius 2 is 1.43 bits per heavy atom. The van der Waals surface area contributed by atoms with Gasteiger partial charge in [-0.2, -0.15) is 0 Å². The number of hydrogen-bond donors (Lipinski definition) is 1. The quantitative estimate of drug-likeness (QED) is 0.747. The Morgan fingerprint density at radius 1 is 0.783 bits per heavy atom. The van der Waals surface area contributed by atoms with Gasteiger partial charge in [0.05, 0.1) is 5.56 Å². The summed E-state index contributed by atoms with van der Waals surface area (Å²) in [6, 6.07) is 16.1. The van der Waals surface area contributed by atoms with Crippen molar-refractivity contribution < 1.29 is 14.7 Å². The van der Waals surface area contributed by atoms with Crippen molar-refractivity contribution in [1.82, 2.24) is 0 Å². The van der Waals surface area contributed by atoms with Gasteiger partial charge in [0, 0.05) is 11.1 Å². The van der Waals surface area contributed by atoms with E-state index in [-0.39, 0.29) is 11.3 Å². The van der Waals surface area contributed by atoms with Crippen molar-refractivity contribution in [1.29, 1.82) is 0 Å². The van der Waals surface area contributed by atoms with E-state index in [0.717, 1.165) is 18.2 Å². The molecule has 3 nitrogen and oxygen atoms in total. The van der Waals surface area contributed by atoms with Crippen molar-refractivity contribution in [2.45, 2.75) is 12.8 Å². The summed E-state index contributed by atoms with van der Waals surface area (Å²) in [7, 11) is 0. The lowest BCUT2D eigenvalue weighted by Crippen LogP contribution is -2.04. The summed E-state index contributed by atoms with van der Waals surface area (Å²) in [6.45, 7) is 0. The minimum absolute atomic E-state index is 0.0717. The molecule has 0 aliphatic heterocycles. The number of rotatable bonds is 3. The molecule has 4 rings (SSSR count). The predicted molar refractivity (Wildman–Crippen MR) is 88.2 cm³/mol. The van der Waals surface area contributed by atoms with E-state index in [4.69, 9.17) is 5.11 Å². The number of aromatic carboxylic acids is 1. The highest BCUT2D eigenvalue weighted by atomic mass is 16.4. The first-order chi connectivity index (χ1) is 11.1. The molecule has 1 aliphatic carbocycles. The molecule has 0 fully saturated rings. The Morgan fingerprint density at radius 3 is 2.13 bits per heavy atom. The molecule has 0 saturated heterocycles. The van der Waals surface area contributed by atoms with Crippen LogP contribution in [0.1, 0.15) is 37.4 Å². The fourth-order valence-electron chi connectivity index (χ4n) is 3.36. The van der Waals surface area contributed by atoms with Crippen LogP contribution < -0.4 is 0 Å². The molecule has 0 atom stereocenters. The molecule has 3 heteroatoms. The predicted octanol–water partition coefficient (Wildman–Crippen LogP) is 3.87. The van der Waals surface area contributed by atoms with Crippen LogP contribution in [0.2, 0.25) is 0 Å². The number of benzene rings is 3. The van der Waals surface area contributed by atoms with E-state index in [2.05, 4.69) is 6.07 Å². The first kappa shape index (κ1) is 13.7. The third kappa shape index (κ3) is 2.13. The van der Waals surface area contributed by atoms with Crippen LogP contribution in [-0.2, 0) is 12.8 Å². The van der Waals surface area contributed by atoms with Crippen LogP contribution in [0, 0.1) is 0 Å². The lowest BCUT2D eigenvalue weighted by Gasteiger charge is -2.08. The summed E-state index contributed by atoms with van der Waals surface area (Å²) in [5.74, 6) is -1.06. The monoisotopic (exact) mass is 302 g/mol. The van der Waals surface area contributed by atoms with Gasteiger partial charge < -0.3 is 5.11 Å². The number of carboxylic acids is 1. The summed E-state index contributed by atoms with van der Waals surface area (Å²) >= 11 is 0. The van der Waals surface area contributed by atoms with Gasteiger partial charge in [0.1, 0.15) is 0 Å². The molecule has 3 aromatic rings. The number of hydrogen-bond acceptors (Lipinski definition) is 2. The largest absolute Gasteiger partial charge is 0.478 e. The van der Waals surface area contributed by atoms with Gasteiger partial charge in [0.15, 0.2) is 5.78 Å². The highest BCUT2D eigenvalue weighted by Crippen LogP contribution is 2.33. The summed E-state index contributed by atoms with van der Waals surface area (Å²) in [5.41, 5.74) is 3.97.